The molecular formula is C14H22N2O2S. The van der Waals surface area contributed by atoms with Crippen molar-refractivity contribution >= 4 is 17.2 Å². The highest BCUT2D eigenvalue weighted by Crippen LogP contribution is 2.34. The van der Waals surface area contributed by atoms with Crippen molar-refractivity contribution in [1.82, 2.24) is 10.2 Å². The molecule has 1 atom stereocenters. The molecule has 1 aromatic heterocycles. The predicted molar refractivity (Wildman–Crippen MR) is 77.5 cm³/mol. The van der Waals surface area contributed by atoms with Crippen molar-refractivity contribution in [1.29, 1.82) is 0 Å². The number of fused-ring (bicyclic) bond motifs is 1. The number of hydrogen-bond donors (Lipinski definition) is 1. The lowest BCUT2D eigenvalue weighted by Crippen LogP contribution is -2.44. The number of hydrogen-bond acceptors (Lipinski definition) is 4. The van der Waals surface area contributed by atoms with Crippen LogP contribution in [-0.2, 0) is 16.0 Å². The highest BCUT2D eigenvalue weighted by Gasteiger charge is 2.29. The minimum atomic E-state index is 0.194. The van der Waals surface area contributed by atoms with Gasteiger partial charge in [0.25, 0.3) is 0 Å². The number of methoxy groups -OCH3 is 1. The van der Waals surface area contributed by atoms with E-state index in [1.54, 1.807) is 7.11 Å². The number of nitrogens with zero attached hydrogens (tertiary/aromatic N) is 1. The van der Waals surface area contributed by atoms with E-state index in [-0.39, 0.29) is 11.9 Å². The molecule has 106 valence electrons. The van der Waals surface area contributed by atoms with Gasteiger partial charge in [0.05, 0.1) is 19.2 Å². The monoisotopic (exact) mass is 282 g/mol. The van der Waals surface area contributed by atoms with Crippen molar-refractivity contribution in [2.24, 2.45) is 0 Å². The van der Waals surface area contributed by atoms with Crippen LogP contribution in [-0.4, -0.2) is 44.2 Å². The third-order valence-corrected chi connectivity index (χ3v) is 4.56. The van der Waals surface area contributed by atoms with Crippen LogP contribution in [0.5, 0.6) is 0 Å². The quantitative estimate of drug-likeness (QED) is 0.809. The smallest absolute Gasteiger partial charge is 0.237 e. The Hall–Kier alpha value is -0.910. The number of thiophene rings is 1. The van der Waals surface area contributed by atoms with Crippen LogP contribution in [0.4, 0.5) is 0 Å². The average Bonchev–Trinajstić information content (AvgIpc) is 2.90. The Bertz CT molecular complexity index is 419. The molecule has 0 saturated carbocycles. The summed E-state index contributed by atoms with van der Waals surface area (Å²) in [6, 6.07) is 2.43. The summed E-state index contributed by atoms with van der Waals surface area (Å²) in [5, 5.41) is 5.27. The second-order valence-electron chi connectivity index (χ2n) is 4.73. The highest BCUT2D eigenvalue weighted by molar-refractivity contribution is 7.10. The van der Waals surface area contributed by atoms with Crippen molar-refractivity contribution in [3.05, 3.63) is 21.9 Å². The lowest BCUT2D eigenvalue weighted by molar-refractivity contribution is -0.133. The summed E-state index contributed by atoms with van der Waals surface area (Å²) in [6.45, 7) is 4.75. The first-order valence-corrected chi connectivity index (χ1v) is 7.71. The van der Waals surface area contributed by atoms with Crippen LogP contribution in [0, 0.1) is 0 Å². The Morgan fingerprint density at radius 2 is 2.47 bits per heavy atom. The summed E-state index contributed by atoms with van der Waals surface area (Å²) < 4.78 is 4.96. The molecule has 0 fully saturated rings. The maximum absolute atomic E-state index is 12.3. The van der Waals surface area contributed by atoms with E-state index in [0.717, 1.165) is 25.9 Å². The molecule has 0 saturated heterocycles. The van der Waals surface area contributed by atoms with Gasteiger partial charge in [-0.3, -0.25) is 4.79 Å². The van der Waals surface area contributed by atoms with E-state index in [1.165, 1.54) is 10.4 Å². The SMILES string of the molecule is CCC1c2ccsc2CCN1C(=O)CNCCOC. The van der Waals surface area contributed by atoms with Gasteiger partial charge in [-0.15, -0.1) is 11.3 Å². The van der Waals surface area contributed by atoms with Gasteiger partial charge >= 0.3 is 0 Å². The molecule has 1 aliphatic heterocycles. The Morgan fingerprint density at radius 3 is 3.21 bits per heavy atom. The van der Waals surface area contributed by atoms with E-state index in [1.807, 2.05) is 16.2 Å². The maximum atomic E-state index is 12.3. The second kappa shape index (κ2) is 7.03. The molecule has 1 N–H and O–H groups in total. The van der Waals surface area contributed by atoms with Gasteiger partial charge in [0, 0.05) is 25.1 Å². The molecule has 1 aliphatic rings. The molecule has 1 aromatic rings. The average molecular weight is 282 g/mol. The molecule has 2 rings (SSSR count). The van der Waals surface area contributed by atoms with Crippen molar-refractivity contribution in [3.63, 3.8) is 0 Å². The fourth-order valence-electron chi connectivity index (χ4n) is 2.61. The Balaban J connectivity index is 1.95. The van der Waals surface area contributed by atoms with E-state index in [0.29, 0.717) is 13.2 Å². The van der Waals surface area contributed by atoms with E-state index in [2.05, 4.69) is 23.7 Å². The van der Waals surface area contributed by atoms with Gasteiger partial charge in [-0.25, -0.2) is 0 Å². The van der Waals surface area contributed by atoms with Crippen molar-refractivity contribution in [3.8, 4) is 0 Å². The molecule has 0 spiro atoms. The lowest BCUT2D eigenvalue weighted by atomic mass is 9.98. The van der Waals surface area contributed by atoms with E-state index in [9.17, 15) is 4.79 Å². The molecule has 0 aromatic carbocycles. The van der Waals surface area contributed by atoms with Crippen LogP contribution in [0.3, 0.4) is 0 Å². The minimum Gasteiger partial charge on any atom is -0.383 e. The van der Waals surface area contributed by atoms with Gasteiger partial charge in [-0.1, -0.05) is 6.92 Å². The van der Waals surface area contributed by atoms with Crippen LogP contribution < -0.4 is 5.32 Å². The fraction of sp³-hybridized carbons (Fsp3) is 0.643. The molecule has 4 nitrogen and oxygen atoms in total. The molecule has 1 unspecified atom stereocenters. The van der Waals surface area contributed by atoms with Gasteiger partial charge in [-0.2, -0.15) is 0 Å². The Labute approximate surface area is 118 Å². The van der Waals surface area contributed by atoms with Crippen molar-refractivity contribution in [2.75, 3.05) is 33.4 Å². The Kier molecular flexibility index (Phi) is 5.36. The van der Waals surface area contributed by atoms with Gasteiger partial charge < -0.3 is 15.0 Å². The number of rotatable bonds is 6. The van der Waals surface area contributed by atoms with Crippen molar-refractivity contribution < 1.29 is 9.53 Å². The highest BCUT2D eigenvalue weighted by atomic mass is 32.1. The second-order valence-corrected chi connectivity index (χ2v) is 5.73. The topological polar surface area (TPSA) is 41.6 Å². The number of carbonyl (C=O) groups is 1. The largest absolute Gasteiger partial charge is 0.383 e. The van der Waals surface area contributed by atoms with Gasteiger partial charge in [-0.05, 0) is 29.9 Å². The zero-order chi connectivity index (χ0) is 13.7. The van der Waals surface area contributed by atoms with Crippen LogP contribution in [0.25, 0.3) is 0 Å². The number of amides is 1. The van der Waals surface area contributed by atoms with Crippen molar-refractivity contribution in [2.45, 2.75) is 25.8 Å². The minimum absolute atomic E-state index is 0.194. The predicted octanol–water partition coefficient (Wildman–Crippen LogP) is 1.82. The normalized spacial score (nSPS) is 18.4. The van der Waals surface area contributed by atoms with Crippen LogP contribution >= 0.6 is 11.3 Å². The molecule has 2 heterocycles. The molecule has 0 radical (unpaired) electrons. The zero-order valence-electron chi connectivity index (χ0n) is 11.6. The standard InChI is InChI=1S/C14H22N2O2S/c1-3-12-11-5-9-19-13(11)4-7-16(12)14(17)10-15-6-8-18-2/h5,9,12,15H,3-4,6-8,10H2,1-2H3. The summed E-state index contributed by atoms with van der Waals surface area (Å²) >= 11 is 1.81. The van der Waals surface area contributed by atoms with Gasteiger partial charge in [0.1, 0.15) is 0 Å². The van der Waals surface area contributed by atoms with E-state index in [4.69, 9.17) is 4.74 Å². The van der Waals surface area contributed by atoms with Gasteiger partial charge in [0.15, 0.2) is 0 Å². The van der Waals surface area contributed by atoms with Crippen LogP contribution in [0.2, 0.25) is 0 Å². The summed E-state index contributed by atoms with van der Waals surface area (Å²) in [5.41, 5.74) is 1.35. The van der Waals surface area contributed by atoms with E-state index < -0.39 is 0 Å². The molecule has 0 bridgehead atoms. The number of carbonyl (C=O) groups excluding carboxylic acids is 1. The first-order valence-electron chi connectivity index (χ1n) is 6.83. The first-order chi connectivity index (χ1) is 9.27. The number of ether oxygens (including phenoxy) is 1. The summed E-state index contributed by atoms with van der Waals surface area (Å²) in [6.07, 6.45) is 1.97. The lowest BCUT2D eigenvalue weighted by Gasteiger charge is -2.35. The molecular weight excluding hydrogens is 260 g/mol. The van der Waals surface area contributed by atoms with Crippen LogP contribution in [0.15, 0.2) is 11.4 Å². The molecule has 19 heavy (non-hydrogen) atoms. The number of nitrogens with one attached hydrogen (secondary N) is 1. The third kappa shape index (κ3) is 3.35. The third-order valence-electron chi connectivity index (χ3n) is 3.56. The molecule has 1 amide bonds. The first kappa shape index (κ1) is 14.5. The summed E-state index contributed by atoms with van der Waals surface area (Å²) in [5.74, 6) is 0.194. The fourth-order valence-corrected chi connectivity index (χ4v) is 3.53. The van der Waals surface area contributed by atoms with Crippen LogP contribution in [0.1, 0.15) is 29.8 Å². The van der Waals surface area contributed by atoms with E-state index >= 15 is 0 Å². The Morgan fingerprint density at radius 1 is 1.63 bits per heavy atom. The molecule has 5 heteroatoms. The van der Waals surface area contributed by atoms with Gasteiger partial charge in [0.2, 0.25) is 5.91 Å². The maximum Gasteiger partial charge on any atom is 0.237 e. The summed E-state index contributed by atoms with van der Waals surface area (Å²) in [7, 11) is 1.67. The molecule has 0 aliphatic carbocycles. The zero-order valence-corrected chi connectivity index (χ0v) is 12.5. The summed E-state index contributed by atoms with van der Waals surface area (Å²) in [4.78, 5) is 15.8.